The molecule has 1 aromatic heterocycles. The Morgan fingerprint density at radius 2 is 1.92 bits per heavy atom. The van der Waals surface area contributed by atoms with Crippen molar-refractivity contribution < 1.29 is 13.2 Å². The van der Waals surface area contributed by atoms with Gasteiger partial charge in [0.15, 0.2) is 9.84 Å². The number of rotatable bonds is 5. The van der Waals surface area contributed by atoms with Gasteiger partial charge in [0.2, 0.25) is 5.91 Å². The smallest absolute Gasteiger partial charge is 0.233 e. The molecule has 6 nitrogen and oxygen atoms in total. The second-order valence-corrected chi connectivity index (χ2v) is 10.3. The summed E-state index contributed by atoms with van der Waals surface area (Å²) in [7, 11) is -3.03. The van der Waals surface area contributed by atoms with E-state index in [0.29, 0.717) is 17.0 Å². The summed E-state index contributed by atoms with van der Waals surface area (Å²) in [5.74, 6) is 0.361. The van der Waals surface area contributed by atoms with Gasteiger partial charge < -0.3 is 4.90 Å². The number of sulfone groups is 1. The molecule has 26 heavy (non-hydrogen) atoms. The maximum atomic E-state index is 12.8. The Hall–Kier alpha value is -1.59. The van der Waals surface area contributed by atoms with Gasteiger partial charge in [-0.05, 0) is 51.2 Å². The number of pyridine rings is 1. The lowest BCUT2D eigenvalue weighted by Crippen LogP contribution is -2.43. The molecule has 1 aliphatic carbocycles. The number of carbonyl (C=O) groups excluding carboxylic acids is 1. The third-order valence-corrected chi connectivity index (χ3v) is 7.95. The van der Waals surface area contributed by atoms with Crippen molar-refractivity contribution in [2.45, 2.75) is 57.1 Å². The molecule has 2 fully saturated rings. The highest BCUT2D eigenvalue weighted by molar-refractivity contribution is 8.00. The standard InChI is InChI=1S/C18H23N3O3S2/c1-11-12(2)16(8-19)18(20-13(11)3)25-9-17(22)21(14-4-5-14)15-6-7-26(23,24)10-15/h14-15H,4-7,9-10H2,1-3H3. The Labute approximate surface area is 158 Å². The minimum absolute atomic E-state index is 0.0545. The van der Waals surface area contributed by atoms with Crippen molar-refractivity contribution in [3.05, 3.63) is 22.4 Å². The van der Waals surface area contributed by atoms with E-state index in [-0.39, 0.29) is 35.2 Å². The van der Waals surface area contributed by atoms with Crippen LogP contribution in [0.1, 0.15) is 41.6 Å². The van der Waals surface area contributed by atoms with Gasteiger partial charge in [0.1, 0.15) is 11.1 Å². The molecular weight excluding hydrogens is 370 g/mol. The van der Waals surface area contributed by atoms with E-state index in [1.807, 2.05) is 20.8 Å². The van der Waals surface area contributed by atoms with Crippen molar-refractivity contribution in [3.8, 4) is 6.07 Å². The summed E-state index contributed by atoms with van der Waals surface area (Å²) >= 11 is 1.27. The number of hydrogen-bond donors (Lipinski definition) is 0. The number of hydrogen-bond acceptors (Lipinski definition) is 6. The van der Waals surface area contributed by atoms with Gasteiger partial charge in [-0.15, -0.1) is 0 Å². The molecule has 0 bridgehead atoms. The second kappa shape index (κ2) is 7.20. The van der Waals surface area contributed by atoms with Crippen LogP contribution >= 0.6 is 11.8 Å². The van der Waals surface area contributed by atoms with Crippen LogP contribution in [0.25, 0.3) is 0 Å². The maximum absolute atomic E-state index is 12.8. The molecule has 1 saturated carbocycles. The highest BCUT2D eigenvalue weighted by atomic mass is 32.2. The molecule has 1 unspecified atom stereocenters. The normalized spacial score (nSPS) is 21.4. The van der Waals surface area contributed by atoms with Gasteiger partial charge in [0, 0.05) is 17.8 Å². The molecule has 0 spiro atoms. The van der Waals surface area contributed by atoms with Crippen molar-refractivity contribution in [2.24, 2.45) is 0 Å². The van der Waals surface area contributed by atoms with Gasteiger partial charge in [0.25, 0.3) is 0 Å². The fourth-order valence-electron chi connectivity index (χ4n) is 3.40. The number of aryl methyl sites for hydroxylation is 1. The summed E-state index contributed by atoms with van der Waals surface area (Å²) < 4.78 is 23.6. The van der Waals surface area contributed by atoms with Crippen molar-refractivity contribution >= 4 is 27.5 Å². The molecule has 8 heteroatoms. The molecule has 1 aromatic rings. The SMILES string of the molecule is Cc1nc(SCC(=O)N(C2CC2)C2CCS(=O)(=O)C2)c(C#N)c(C)c1C. The van der Waals surface area contributed by atoms with Crippen molar-refractivity contribution in [1.29, 1.82) is 5.26 Å². The zero-order valence-corrected chi connectivity index (χ0v) is 16.9. The zero-order chi connectivity index (χ0) is 19.1. The van der Waals surface area contributed by atoms with Crippen molar-refractivity contribution in [3.63, 3.8) is 0 Å². The highest BCUT2D eigenvalue weighted by Crippen LogP contribution is 2.34. The number of amides is 1. The average Bonchev–Trinajstić information content (AvgIpc) is 3.34. The van der Waals surface area contributed by atoms with Crippen LogP contribution in [0, 0.1) is 32.1 Å². The molecular formula is C18H23N3O3S2. The van der Waals surface area contributed by atoms with Gasteiger partial charge in [-0.3, -0.25) is 4.79 Å². The van der Waals surface area contributed by atoms with Crippen LogP contribution in [0.4, 0.5) is 0 Å². The molecule has 140 valence electrons. The lowest BCUT2D eigenvalue weighted by atomic mass is 10.1. The van der Waals surface area contributed by atoms with Crippen LogP contribution in [0.5, 0.6) is 0 Å². The Kier molecular flexibility index (Phi) is 5.31. The summed E-state index contributed by atoms with van der Waals surface area (Å²) in [4.78, 5) is 19.1. The summed E-state index contributed by atoms with van der Waals surface area (Å²) in [5.41, 5.74) is 3.27. The van der Waals surface area contributed by atoms with Crippen LogP contribution < -0.4 is 0 Å². The molecule has 2 aliphatic rings. The first kappa shape index (κ1) is 19.2. The lowest BCUT2D eigenvalue weighted by molar-refractivity contribution is -0.130. The van der Waals surface area contributed by atoms with E-state index in [1.54, 1.807) is 4.90 Å². The zero-order valence-electron chi connectivity index (χ0n) is 15.3. The summed E-state index contributed by atoms with van der Waals surface area (Å²) in [6.07, 6.45) is 2.41. The number of nitrogens with zero attached hydrogens (tertiary/aromatic N) is 3. The van der Waals surface area contributed by atoms with Crippen LogP contribution in [-0.4, -0.2) is 53.6 Å². The van der Waals surface area contributed by atoms with E-state index in [1.165, 1.54) is 11.8 Å². The molecule has 3 rings (SSSR count). The lowest BCUT2D eigenvalue weighted by Gasteiger charge is -2.28. The van der Waals surface area contributed by atoms with Crippen molar-refractivity contribution in [2.75, 3.05) is 17.3 Å². The molecule has 0 aromatic carbocycles. The molecule has 1 saturated heterocycles. The first-order chi connectivity index (χ1) is 12.2. The quantitative estimate of drug-likeness (QED) is 0.712. The number of carbonyl (C=O) groups is 1. The van der Waals surface area contributed by atoms with E-state index in [4.69, 9.17) is 0 Å². The van der Waals surface area contributed by atoms with Gasteiger partial charge in [-0.1, -0.05) is 11.8 Å². The first-order valence-electron chi connectivity index (χ1n) is 8.75. The van der Waals surface area contributed by atoms with Gasteiger partial charge in [-0.2, -0.15) is 5.26 Å². The molecule has 0 radical (unpaired) electrons. The molecule has 2 heterocycles. The number of aromatic nitrogens is 1. The second-order valence-electron chi connectivity index (χ2n) is 7.12. The van der Waals surface area contributed by atoms with Gasteiger partial charge in [0.05, 0.1) is 22.8 Å². The molecule has 0 N–H and O–H groups in total. The predicted molar refractivity (Wildman–Crippen MR) is 101 cm³/mol. The summed E-state index contributed by atoms with van der Waals surface area (Å²) in [6, 6.07) is 2.17. The third kappa shape index (κ3) is 3.89. The topological polar surface area (TPSA) is 91.1 Å². The fourth-order valence-corrected chi connectivity index (χ4v) is 6.07. The van der Waals surface area contributed by atoms with E-state index < -0.39 is 9.84 Å². The van der Waals surface area contributed by atoms with Crippen LogP contribution in [-0.2, 0) is 14.6 Å². The minimum atomic E-state index is -3.03. The van der Waals surface area contributed by atoms with E-state index in [2.05, 4.69) is 11.1 Å². The Morgan fingerprint density at radius 1 is 1.23 bits per heavy atom. The van der Waals surface area contributed by atoms with Crippen LogP contribution in [0.15, 0.2) is 5.03 Å². The summed E-state index contributed by atoms with van der Waals surface area (Å²) in [6.45, 7) is 5.73. The average molecular weight is 394 g/mol. The first-order valence-corrected chi connectivity index (χ1v) is 11.6. The number of thioether (sulfide) groups is 1. The van der Waals surface area contributed by atoms with Gasteiger partial charge >= 0.3 is 0 Å². The third-order valence-electron chi connectivity index (χ3n) is 5.24. The Bertz CT molecular complexity index is 886. The van der Waals surface area contributed by atoms with E-state index >= 15 is 0 Å². The van der Waals surface area contributed by atoms with Gasteiger partial charge in [-0.25, -0.2) is 13.4 Å². The van der Waals surface area contributed by atoms with E-state index in [0.717, 1.165) is 29.7 Å². The fraction of sp³-hybridized carbons (Fsp3) is 0.611. The number of nitriles is 1. The molecule has 1 amide bonds. The molecule has 1 atom stereocenters. The van der Waals surface area contributed by atoms with Crippen LogP contribution in [0.3, 0.4) is 0 Å². The Morgan fingerprint density at radius 3 is 2.46 bits per heavy atom. The van der Waals surface area contributed by atoms with Crippen molar-refractivity contribution in [1.82, 2.24) is 9.88 Å². The minimum Gasteiger partial charge on any atom is -0.335 e. The molecule has 1 aliphatic heterocycles. The van der Waals surface area contributed by atoms with Crippen LogP contribution in [0.2, 0.25) is 0 Å². The van der Waals surface area contributed by atoms with E-state index in [9.17, 15) is 18.5 Å². The summed E-state index contributed by atoms with van der Waals surface area (Å²) in [5, 5.41) is 10.0. The largest absolute Gasteiger partial charge is 0.335 e. The maximum Gasteiger partial charge on any atom is 0.233 e. The highest BCUT2D eigenvalue weighted by Gasteiger charge is 2.41. The Balaban J connectivity index is 1.75. The predicted octanol–water partition coefficient (Wildman–Crippen LogP) is 2.15. The monoisotopic (exact) mass is 393 g/mol.